The topological polar surface area (TPSA) is 70.8 Å². The fourth-order valence-corrected chi connectivity index (χ4v) is 7.59. The first kappa shape index (κ1) is 25.3. The van der Waals surface area contributed by atoms with Crippen molar-refractivity contribution in [3.63, 3.8) is 0 Å². The molecule has 3 unspecified atom stereocenters. The van der Waals surface area contributed by atoms with E-state index >= 15 is 0 Å². The molecule has 2 fully saturated rings. The zero-order valence-electron chi connectivity index (χ0n) is 21.5. The van der Waals surface area contributed by atoms with Crippen LogP contribution in [0.4, 0.5) is 5.69 Å². The zero-order valence-corrected chi connectivity index (χ0v) is 22.3. The molecular weight excluding hydrogens is 468 g/mol. The molecule has 3 aliphatic heterocycles. The predicted molar refractivity (Wildman–Crippen MR) is 144 cm³/mol. The summed E-state index contributed by atoms with van der Waals surface area (Å²) in [7, 11) is 0. The summed E-state index contributed by atoms with van der Waals surface area (Å²) in [6.07, 6.45) is 3.64. The van der Waals surface area contributed by atoms with Crippen LogP contribution in [-0.4, -0.2) is 71.7 Å². The van der Waals surface area contributed by atoms with Gasteiger partial charge in [0, 0.05) is 55.8 Å². The van der Waals surface area contributed by atoms with E-state index in [-0.39, 0.29) is 17.9 Å². The molecule has 2 aromatic rings. The number of hydrogen-bond acceptors (Lipinski definition) is 6. The number of nitriles is 1. The number of rotatable bonds is 7. The highest BCUT2D eigenvalue weighted by molar-refractivity contribution is 7.10. The monoisotopic (exact) mass is 506 g/mol. The summed E-state index contributed by atoms with van der Waals surface area (Å²) in [6.45, 7) is 8.11. The lowest BCUT2D eigenvalue weighted by atomic mass is 9.73. The average molecular weight is 507 g/mol. The highest BCUT2D eigenvalue weighted by atomic mass is 32.1. The van der Waals surface area contributed by atoms with Crippen molar-refractivity contribution in [1.82, 2.24) is 9.80 Å². The Labute approximate surface area is 219 Å². The Hall–Kier alpha value is -2.40. The number of carbonyl (C=O) groups excluding carboxylic acids is 1. The molecule has 1 aromatic heterocycles. The minimum absolute atomic E-state index is 0.00360. The van der Waals surface area contributed by atoms with Crippen molar-refractivity contribution in [1.29, 1.82) is 5.26 Å². The fraction of sp³-hybridized carbons (Fsp3) is 0.586. The summed E-state index contributed by atoms with van der Waals surface area (Å²) in [5, 5.41) is 23.0. The minimum atomic E-state index is -0.641. The molecule has 0 saturated carbocycles. The van der Waals surface area contributed by atoms with Gasteiger partial charge in [-0.05, 0) is 54.7 Å². The number of thiophene rings is 1. The van der Waals surface area contributed by atoms with Gasteiger partial charge in [0.1, 0.15) is 0 Å². The second-order valence-electron chi connectivity index (χ2n) is 11.0. The van der Waals surface area contributed by atoms with Crippen molar-refractivity contribution in [2.24, 2.45) is 5.92 Å². The van der Waals surface area contributed by atoms with Crippen LogP contribution in [0.2, 0.25) is 0 Å². The maximum atomic E-state index is 13.2. The molecule has 5 rings (SSSR count). The van der Waals surface area contributed by atoms with E-state index in [0.29, 0.717) is 32.0 Å². The molecule has 2 saturated heterocycles. The Balaban J connectivity index is 1.16. The van der Waals surface area contributed by atoms with Gasteiger partial charge in [-0.1, -0.05) is 38.1 Å². The molecule has 7 heteroatoms. The van der Waals surface area contributed by atoms with Crippen molar-refractivity contribution in [3.8, 4) is 6.07 Å². The molecule has 6 nitrogen and oxygen atoms in total. The van der Waals surface area contributed by atoms with E-state index in [1.54, 1.807) is 11.3 Å². The Bertz CT molecular complexity index is 1090. The van der Waals surface area contributed by atoms with Gasteiger partial charge in [-0.3, -0.25) is 9.69 Å². The number of fused-ring (bicyclic) bond motifs is 1. The van der Waals surface area contributed by atoms with Crippen LogP contribution in [0.1, 0.15) is 50.0 Å². The molecule has 0 spiro atoms. The van der Waals surface area contributed by atoms with Gasteiger partial charge in [0.05, 0.1) is 23.6 Å². The smallest absolute Gasteiger partial charge is 0.222 e. The van der Waals surface area contributed by atoms with E-state index < -0.39 is 11.5 Å². The van der Waals surface area contributed by atoms with Crippen molar-refractivity contribution in [2.75, 3.05) is 37.6 Å². The fourth-order valence-electron chi connectivity index (χ4n) is 6.54. The standard InChI is InChI=1S/C29H38N4O2S/c1-21(2)29(20-30,27-8-5-17-36-27)13-9-28(35)32-18-25(26(34)19-32)31-14-11-23(12-15-31)33-16-10-22-6-3-4-7-24(22)33/h3-8,17,21,23,25-26,34H,9-16,18-19H2,1-2H3. The summed E-state index contributed by atoms with van der Waals surface area (Å²) in [4.78, 5) is 21.0. The van der Waals surface area contributed by atoms with Gasteiger partial charge in [0.25, 0.3) is 0 Å². The summed E-state index contributed by atoms with van der Waals surface area (Å²) in [6, 6.07) is 15.8. The van der Waals surface area contributed by atoms with E-state index in [9.17, 15) is 15.2 Å². The van der Waals surface area contributed by atoms with Crippen LogP contribution >= 0.6 is 11.3 Å². The first-order valence-corrected chi connectivity index (χ1v) is 14.3. The number of para-hydroxylation sites is 1. The largest absolute Gasteiger partial charge is 0.390 e. The third-order valence-corrected chi connectivity index (χ3v) is 9.87. The molecule has 1 amide bonds. The maximum absolute atomic E-state index is 13.2. The average Bonchev–Trinajstić information content (AvgIpc) is 3.65. The number of piperidine rings is 1. The Morgan fingerprint density at radius 3 is 2.64 bits per heavy atom. The van der Waals surface area contributed by atoms with Gasteiger partial charge in [0.2, 0.25) is 5.91 Å². The molecule has 0 bridgehead atoms. The van der Waals surface area contributed by atoms with Gasteiger partial charge >= 0.3 is 0 Å². The van der Waals surface area contributed by atoms with Crippen molar-refractivity contribution < 1.29 is 9.90 Å². The number of benzene rings is 1. The second-order valence-corrected chi connectivity index (χ2v) is 11.9. The van der Waals surface area contributed by atoms with Crippen molar-refractivity contribution in [3.05, 3.63) is 52.2 Å². The van der Waals surface area contributed by atoms with E-state index in [1.165, 1.54) is 11.3 Å². The summed E-state index contributed by atoms with van der Waals surface area (Å²) < 4.78 is 0. The number of β-amino-alcohol motifs (C(OH)–C–C–N with tert-alkyl or cyclic N) is 1. The number of carbonyl (C=O) groups is 1. The molecule has 192 valence electrons. The van der Waals surface area contributed by atoms with Crippen LogP contribution in [0.15, 0.2) is 41.8 Å². The van der Waals surface area contributed by atoms with E-state index in [4.69, 9.17) is 0 Å². The van der Waals surface area contributed by atoms with Crippen LogP contribution < -0.4 is 4.90 Å². The highest BCUT2D eigenvalue weighted by Gasteiger charge is 2.42. The highest BCUT2D eigenvalue weighted by Crippen LogP contribution is 2.39. The Morgan fingerprint density at radius 2 is 1.94 bits per heavy atom. The first-order valence-electron chi connectivity index (χ1n) is 13.4. The van der Waals surface area contributed by atoms with E-state index in [0.717, 1.165) is 43.8 Å². The molecular formula is C29H38N4O2S. The normalized spacial score (nSPS) is 24.6. The number of amides is 1. The lowest BCUT2D eigenvalue weighted by Crippen LogP contribution is -2.51. The molecule has 4 heterocycles. The van der Waals surface area contributed by atoms with Gasteiger partial charge in [-0.2, -0.15) is 5.26 Å². The first-order chi connectivity index (χ1) is 17.4. The molecule has 36 heavy (non-hydrogen) atoms. The third-order valence-electron chi connectivity index (χ3n) is 8.82. The molecule has 0 aliphatic carbocycles. The van der Waals surface area contributed by atoms with Crippen molar-refractivity contribution >= 4 is 22.9 Å². The van der Waals surface area contributed by atoms with Crippen LogP contribution in [-0.2, 0) is 16.6 Å². The number of likely N-dealkylation sites (tertiary alicyclic amines) is 2. The summed E-state index contributed by atoms with van der Waals surface area (Å²) in [5.74, 6) is 0.173. The van der Waals surface area contributed by atoms with Gasteiger partial charge < -0.3 is 14.9 Å². The van der Waals surface area contributed by atoms with Crippen molar-refractivity contribution in [2.45, 2.75) is 69.6 Å². The summed E-state index contributed by atoms with van der Waals surface area (Å²) in [5.41, 5.74) is 2.21. The third kappa shape index (κ3) is 4.67. The quantitative estimate of drug-likeness (QED) is 0.614. The SMILES string of the molecule is CC(C)C(C#N)(CCC(=O)N1CC(O)C(N2CCC(N3CCc4ccccc43)CC2)C1)c1cccs1. The van der Waals surface area contributed by atoms with Gasteiger partial charge in [0.15, 0.2) is 0 Å². The number of anilines is 1. The Morgan fingerprint density at radius 1 is 1.17 bits per heavy atom. The predicted octanol–water partition coefficient (Wildman–Crippen LogP) is 4.04. The van der Waals surface area contributed by atoms with Crippen LogP contribution in [0.25, 0.3) is 0 Å². The molecule has 0 radical (unpaired) electrons. The van der Waals surface area contributed by atoms with E-state index in [2.05, 4.69) is 54.0 Å². The molecule has 3 atom stereocenters. The number of hydrogen-bond donors (Lipinski definition) is 1. The van der Waals surface area contributed by atoms with Gasteiger partial charge in [-0.25, -0.2) is 0 Å². The maximum Gasteiger partial charge on any atom is 0.222 e. The molecule has 1 aromatic carbocycles. The number of aliphatic hydroxyl groups excluding tert-OH is 1. The van der Waals surface area contributed by atoms with E-state index in [1.807, 2.05) is 22.4 Å². The summed E-state index contributed by atoms with van der Waals surface area (Å²) >= 11 is 1.59. The lowest BCUT2D eigenvalue weighted by Gasteiger charge is -2.41. The second kappa shape index (κ2) is 10.5. The van der Waals surface area contributed by atoms with Crippen LogP contribution in [0, 0.1) is 17.2 Å². The zero-order chi connectivity index (χ0) is 25.3. The number of nitrogens with zero attached hydrogens (tertiary/aromatic N) is 4. The minimum Gasteiger partial charge on any atom is -0.390 e. The van der Waals surface area contributed by atoms with Crippen LogP contribution in [0.5, 0.6) is 0 Å². The Kier molecular flexibility index (Phi) is 7.39. The molecule has 1 N–H and O–H groups in total. The number of aliphatic hydroxyl groups is 1. The molecule has 3 aliphatic rings. The lowest BCUT2D eigenvalue weighted by molar-refractivity contribution is -0.131. The van der Waals surface area contributed by atoms with Gasteiger partial charge in [-0.15, -0.1) is 11.3 Å². The van der Waals surface area contributed by atoms with Crippen LogP contribution in [0.3, 0.4) is 0 Å².